The summed E-state index contributed by atoms with van der Waals surface area (Å²) < 4.78 is 5.60. The van der Waals surface area contributed by atoms with Crippen LogP contribution in [0.3, 0.4) is 0 Å². The summed E-state index contributed by atoms with van der Waals surface area (Å²) in [5.41, 5.74) is 0. The maximum Gasteiger partial charge on any atom is 0.244 e. The number of hydrogen-bond acceptors (Lipinski definition) is 1. The van der Waals surface area contributed by atoms with Gasteiger partial charge in [0.05, 0.1) is 6.26 Å². The lowest BCUT2D eigenvalue weighted by Gasteiger charge is -2.20. The summed E-state index contributed by atoms with van der Waals surface area (Å²) in [4.78, 5) is 0. The van der Waals surface area contributed by atoms with Crippen LogP contribution in [-0.2, 0) is 4.43 Å². The van der Waals surface area contributed by atoms with Crippen LogP contribution >= 0.6 is 0 Å². The minimum Gasteiger partial charge on any atom is -0.549 e. The highest BCUT2D eigenvalue weighted by Crippen LogP contribution is 2.13. The molecule has 0 aromatic heterocycles. The molecule has 0 aliphatic rings. The van der Waals surface area contributed by atoms with E-state index < -0.39 is 8.32 Å². The molecule has 1 nitrogen and oxygen atoms in total. The molecule has 0 aromatic carbocycles. The minimum atomic E-state index is -1.38. The molecule has 0 atom stereocenters. The van der Waals surface area contributed by atoms with Crippen molar-refractivity contribution in [3.63, 3.8) is 0 Å². The van der Waals surface area contributed by atoms with Crippen LogP contribution in [0.25, 0.3) is 0 Å². The van der Waals surface area contributed by atoms with Gasteiger partial charge in [0.15, 0.2) is 0 Å². The lowest BCUT2D eigenvalue weighted by Crippen LogP contribution is -2.27. The number of allylic oxidation sites excluding steroid dienone is 2. The van der Waals surface area contributed by atoms with Crippen LogP contribution in [0, 0.1) is 0 Å². The fourth-order valence-corrected chi connectivity index (χ4v) is 2.71. The molecule has 0 rings (SSSR count). The highest BCUT2D eigenvalue weighted by molar-refractivity contribution is 6.71. The van der Waals surface area contributed by atoms with Crippen molar-refractivity contribution < 1.29 is 4.43 Å². The molecule has 0 saturated carbocycles. The summed E-state index contributed by atoms with van der Waals surface area (Å²) in [6.45, 7) is 10.2. The molecule has 0 N–H and O–H groups in total. The smallest absolute Gasteiger partial charge is 0.244 e. The predicted octanol–water partition coefficient (Wildman–Crippen LogP) is 3.32. The van der Waals surface area contributed by atoms with E-state index in [0.717, 1.165) is 0 Å². The van der Waals surface area contributed by atoms with E-state index in [1.54, 1.807) is 12.3 Å². The fraction of sp³-hybridized carbons (Fsp3) is 0.556. The molecule has 0 aliphatic carbocycles. The predicted molar refractivity (Wildman–Crippen MR) is 53.0 cm³/mol. The molecule has 0 saturated heterocycles. The second-order valence-electron chi connectivity index (χ2n) is 3.19. The molecule has 0 radical (unpaired) electrons. The van der Waals surface area contributed by atoms with Crippen molar-refractivity contribution >= 4 is 8.32 Å². The number of rotatable bonds is 5. The number of hydrogen-bond donors (Lipinski definition) is 0. The summed E-state index contributed by atoms with van der Waals surface area (Å²) in [6.07, 6.45) is 6.54. The van der Waals surface area contributed by atoms with Crippen LogP contribution in [0.1, 0.15) is 13.3 Å². The Morgan fingerprint density at radius 2 is 2.09 bits per heavy atom. The van der Waals surface area contributed by atoms with E-state index in [0.29, 0.717) is 0 Å². The molecule has 11 heavy (non-hydrogen) atoms. The zero-order chi connectivity index (χ0) is 8.74. The Hall–Kier alpha value is -0.503. The minimum absolute atomic E-state index is 1.21. The monoisotopic (exact) mass is 170 g/mol. The van der Waals surface area contributed by atoms with E-state index in [2.05, 4.69) is 26.6 Å². The van der Waals surface area contributed by atoms with Crippen LogP contribution in [0.5, 0.6) is 0 Å². The van der Waals surface area contributed by atoms with Crippen molar-refractivity contribution in [3.05, 3.63) is 25.0 Å². The van der Waals surface area contributed by atoms with Crippen LogP contribution < -0.4 is 0 Å². The van der Waals surface area contributed by atoms with E-state index in [1.165, 1.54) is 12.5 Å². The van der Waals surface area contributed by atoms with E-state index in [9.17, 15) is 0 Å². The van der Waals surface area contributed by atoms with E-state index in [-0.39, 0.29) is 0 Å². The summed E-state index contributed by atoms with van der Waals surface area (Å²) in [5.74, 6) is 0. The van der Waals surface area contributed by atoms with Crippen LogP contribution in [0.15, 0.2) is 25.0 Å². The lowest BCUT2D eigenvalue weighted by atomic mass is 10.6. The van der Waals surface area contributed by atoms with Gasteiger partial charge in [0, 0.05) is 0 Å². The van der Waals surface area contributed by atoms with Gasteiger partial charge in [-0.15, -0.1) is 0 Å². The Bertz CT molecular complexity index is 138. The van der Waals surface area contributed by atoms with Crippen LogP contribution in [-0.4, -0.2) is 8.32 Å². The molecular weight excluding hydrogens is 152 g/mol. The topological polar surface area (TPSA) is 9.23 Å². The molecule has 64 valence electrons. The molecular formula is C9H18OSi. The zero-order valence-corrected chi connectivity index (χ0v) is 8.76. The third-order valence-corrected chi connectivity index (χ3v) is 3.93. The molecule has 0 aliphatic heterocycles. The normalized spacial score (nSPS) is 11.9. The Kier molecular flexibility index (Phi) is 4.95. The average molecular weight is 170 g/mol. The largest absolute Gasteiger partial charge is 0.549 e. The molecule has 2 heteroatoms. The van der Waals surface area contributed by atoms with Crippen molar-refractivity contribution in [1.82, 2.24) is 0 Å². The Morgan fingerprint density at radius 1 is 1.45 bits per heavy atom. The van der Waals surface area contributed by atoms with Gasteiger partial charge in [-0.25, -0.2) is 0 Å². The summed E-state index contributed by atoms with van der Waals surface area (Å²) in [7, 11) is -1.38. The highest BCUT2D eigenvalue weighted by atomic mass is 28.4. The first-order chi connectivity index (χ1) is 5.12. The van der Waals surface area contributed by atoms with Gasteiger partial charge >= 0.3 is 0 Å². The van der Waals surface area contributed by atoms with Crippen molar-refractivity contribution in [3.8, 4) is 0 Å². The molecule has 0 fully saturated rings. The summed E-state index contributed by atoms with van der Waals surface area (Å²) in [6, 6.07) is 1.22. The molecule has 0 unspecified atom stereocenters. The van der Waals surface area contributed by atoms with Gasteiger partial charge in [0.1, 0.15) is 0 Å². The van der Waals surface area contributed by atoms with E-state index in [4.69, 9.17) is 4.43 Å². The summed E-state index contributed by atoms with van der Waals surface area (Å²) >= 11 is 0. The molecule has 0 amide bonds. The van der Waals surface area contributed by atoms with Crippen molar-refractivity contribution in [1.29, 1.82) is 0 Å². The first-order valence-electron chi connectivity index (χ1n) is 4.08. The fourth-order valence-electron chi connectivity index (χ4n) is 0.940. The maximum atomic E-state index is 5.60. The third kappa shape index (κ3) is 5.92. The molecule has 0 aromatic rings. The first kappa shape index (κ1) is 10.5. The van der Waals surface area contributed by atoms with Gasteiger partial charge in [-0.05, 0) is 25.2 Å². The van der Waals surface area contributed by atoms with Gasteiger partial charge in [-0.2, -0.15) is 0 Å². The molecule has 0 heterocycles. The van der Waals surface area contributed by atoms with Crippen molar-refractivity contribution in [2.24, 2.45) is 0 Å². The van der Waals surface area contributed by atoms with Crippen molar-refractivity contribution in [2.45, 2.75) is 32.5 Å². The Balaban J connectivity index is 3.71. The molecule has 0 bridgehead atoms. The molecule has 0 spiro atoms. The van der Waals surface area contributed by atoms with Gasteiger partial charge < -0.3 is 4.43 Å². The first-order valence-corrected chi connectivity index (χ1v) is 7.19. The third-order valence-electron chi connectivity index (χ3n) is 1.45. The van der Waals surface area contributed by atoms with Crippen molar-refractivity contribution in [2.75, 3.05) is 0 Å². The van der Waals surface area contributed by atoms with Gasteiger partial charge in [0.2, 0.25) is 8.32 Å². The zero-order valence-electron chi connectivity index (χ0n) is 7.76. The van der Waals surface area contributed by atoms with Crippen LogP contribution in [0.4, 0.5) is 0 Å². The second-order valence-corrected chi connectivity index (χ2v) is 7.45. The van der Waals surface area contributed by atoms with Gasteiger partial charge in [-0.1, -0.05) is 26.0 Å². The lowest BCUT2D eigenvalue weighted by molar-refractivity contribution is 0.469. The highest BCUT2D eigenvalue weighted by Gasteiger charge is 2.20. The average Bonchev–Trinajstić information content (AvgIpc) is 1.87. The SMILES string of the molecule is C=CC=CO[Si](C)(C)CCC. The maximum absolute atomic E-state index is 5.60. The quantitative estimate of drug-likeness (QED) is 0.349. The Labute approximate surface area is 70.9 Å². The van der Waals surface area contributed by atoms with Gasteiger partial charge in [-0.3, -0.25) is 0 Å². The van der Waals surface area contributed by atoms with E-state index >= 15 is 0 Å². The standard InChI is InChI=1S/C9H18OSi/c1-5-7-8-10-11(3,4)9-6-2/h5,7-8H,1,6,9H2,2-4H3. The van der Waals surface area contributed by atoms with Crippen LogP contribution in [0.2, 0.25) is 19.1 Å². The Morgan fingerprint density at radius 3 is 2.55 bits per heavy atom. The van der Waals surface area contributed by atoms with Gasteiger partial charge in [0.25, 0.3) is 0 Å². The summed E-state index contributed by atoms with van der Waals surface area (Å²) in [5, 5.41) is 0. The van der Waals surface area contributed by atoms with E-state index in [1.807, 2.05) is 6.08 Å². The second kappa shape index (κ2) is 5.19.